The molecule has 0 spiro atoms. The van der Waals surface area contributed by atoms with Crippen LogP contribution in [0.1, 0.15) is 16.7 Å². The summed E-state index contributed by atoms with van der Waals surface area (Å²) in [7, 11) is -2.34. The molecule has 0 saturated carbocycles. The first-order valence-electron chi connectivity index (χ1n) is 12.4. The Hall–Kier alpha value is -5.00. The topological polar surface area (TPSA) is 154 Å². The van der Waals surface area contributed by atoms with Gasteiger partial charge in [0.1, 0.15) is 18.2 Å². The number of hydrogen-bond acceptors (Lipinski definition) is 6. The minimum atomic E-state index is -3.91. The highest BCUT2D eigenvalue weighted by atomic mass is 32.2. The third-order valence-electron chi connectivity index (χ3n) is 5.94. The molecule has 41 heavy (non-hydrogen) atoms. The van der Waals surface area contributed by atoms with Crippen molar-refractivity contribution in [2.75, 3.05) is 7.05 Å². The number of sulfonamides is 1. The lowest BCUT2D eigenvalue weighted by molar-refractivity contribution is 0.151. The van der Waals surface area contributed by atoms with Crippen LogP contribution in [0.2, 0.25) is 0 Å². The first-order valence-corrected chi connectivity index (χ1v) is 13.9. The van der Waals surface area contributed by atoms with Crippen LogP contribution in [-0.2, 0) is 27.9 Å². The summed E-state index contributed by atoms with van der Waals surface area (Å²) in [6, 6.07) is 28.9. The van der Waals surface area contributed by atoms with Gasteiger partial charge in [-0.2, -0.15) is 4.99 Å². The maximum atomic E-state index is 12.7. The molecule has 0 radical (unpaired) electrons. The molecule has 0 aliphatic carbocycles. The molecule has 4 aromatic rings. The van der Waals surface area contributed by atoms with Gasteiger partial charge >= 0.3 is 12.2 Å². The second-order valence-corrected chi connectivity index (χ2v) is 10.6. The van der Waals surface area contributed by atoms with Gasteiger partial charge in [0.25, 0.3) is 0 Å². The quantitative estimate of drug-likeness (QED) is 0.230. The Balaban J connectivity index is 1.36. The van der Waals surface area contributed by atoms with E-state index in [1.807, 2.05) is 30.3 Å². The number of primary sulfonamides is 1. The molecule has 0 aliphatic rings. The van der Waals surface area contributed by atoms with Gasteiger partial charge in [-0.1, -0.05) is 78.9 Å². The highest BCUT2D eigenvalue weighted by molar-refractivity contribution is 7.89. The number of ether oxygens (including phenoxy) is 2. The lowest BCUT2D eigenvalue weighted by atomic mass is 10.1. The number of nitrogens with two attached hydrogens (primary N) is 2. The van der Waals surface area contributed by atoms with E-state index in [-0.39, 0.29) is 29.6 Å². The average Bonchev–Trinajstić information content (AvgIpc) is 2.96. The summed E-state index contributed by atoms with van der Waals surface area (Å²) in [5.74, 6) is 0.261. The number of amidine groups is 1. The number of rotatable bonds is 8. The highest BCUT2D eigenvalue weighted by Gasteiger charge is 2.16. The van der Waals surface area contributed by atoms with E-state index in [2.05, 4.69) is 4.99 Å². The lowest BCUT2D eigenvalue weighted by Crippen LogP contribution is -2.29. The fraction of sp³-hybridized carbons (Fsp3) is 0.100. The fourth-order valence-corrected chi connectivity index (χ4v) is 4.68. The summed E-state index contributed by atoms with van der Waals surface area (Å²) >= 11 is 0. The number of carbonyl (C=O) groups excluding carboxylic acids is 2. The molecule has 4 N–H and O–H groups in total. The number of hydrogen-bond donors (Lipinski definition) is 2. The molecule has 4 aromatic carbocycles. The Kier molecular flexibility index (Phi) is 9.12. The van der Waals surface area contributed by atoms with Crippen LogP contribution >= 0.6 is 0 Å². The minimum absolute atomic E-state index is 0.00136. The highest BCUT2D eigenvalue weighted by Crippen LogP contribution is 2.28. The molecule has 0 heterocycles. The van der Waals surface area contributed by atoms with Crippen molar-refractivity contribution in [1.29, 1.82) is 0 Å². The predicted octanol–water partition coefficient (Wildman–Crippen LogP) is 4.67. The lowest BCUT2D eigenvalue weighted by Gasteiger charge is -2.17. The molecular formula is C30H28N4O6S. The summed E-state index contributed by atoms with van der Waals surface area (Å²) in [5.41, 5.74) is 9.11. The van der Waals surface area contributed by atoms with Gasteiger partial charge in [-0.15, -0.1) is 0 Å². The summed E-state index contributed by atoms with van der Waals surface area (Å²) in [6.45, 7) is 0.271. The number of benzene rings is 4. The summed E-state index contributed by atoms with van der Waals surface area (Å²) < 4.78 is 34.4. The number of nitrogens with zero attached hydrogens (tertiary/aromatic N) is 2. The van der Waals surface area contributed by atoms with E-state index in [1.165, 1.54) is 11.0 Å². The van der Waals surface area contributed by atoms with Crippen LogP contribution in [0.25, 0.3) is 11.1 Å². The smallest absolute Gasteiger partial charge is 0.435 e. The van der Waals surface area contributed by atoms with E-state index in [1.54, 1.807) is 73.8 Å². The molecule has 11 heteroatoms. The second-order valence-electron chi connectivity index (χ2n) is 9.03. The second kappa shape index (κ2) is 12.9. The van der Waals surface area contributed by atoms with Crippen LogP contribution in [0, 0.1) is 0 Å². The van der Waals surface area contributed by atoms with Crippen molar-refractivity contribution in [3.05, 3.63) is 120 Å². The summed E-state index contributed by atoms with van der Waals surface area (Å²) in [4.78, 5) is 30.0. The van der Waals surface area contributed by atoms with Crippen LogP contribution in [0.5, 0.6) is 5.75 Å². The van der Waals surface area contributed by atoms with E-state index in [0.29, 0.717) is 16.7 Å². The zero-order valence-electron chi connectivity index (χ0n) is 22.1. The minimum Gasteiger partial charge on any atom is -0.443 e. The van der Waals surface area contributed by atoms with E-state index in [9.17, 15) is 18.0 Å². The third kappa shape index (κ3) is 8.01. The zero-order valence-corrected chi connectivity index (χ0v) is 23.0. The fourth-order valence-electron chi connectivity index (χ4n) is 3.92. The third-order valence-corrected chi connectivity index (χ3v) is 6.90. The first-order chi connectivity index (χ1) is 19.6. The summed E-state index contributed by atoms with van der Waals surface area (Å²) in [5, 5.41) is 5.33. The van der Waals surface area contributed by atoms with Gasteiger partial charge < -0.3 is 20.1 Å². The summed E-state index contributed by atoms with van der Waals surface area (Å²) in [6.07, 6.45) is -1.42. The molecule has 0 aliphatic heterocycles. The SMILES string of the molecule is CN(Cc1cccc(C(N)=NC(=O)OCc2ccccc2)c1)C(=O)Oc1ccc(-c2ccccc2S(N)(=O)=O)cc1. The molecule has 0 bridgehead atoms. The van der Waals surface area contributed by atoms with Gasteiger partial charge in [-0.25, -0.2) is 23.1 Å². The molecule has 0 fully saturated rings. The van der Waals surface area contributed by atoms with E-state index in [4.69, 9.17) is 20.3 Å². The number of amides is 2. The van der Waals surface area contributed by atoms with Gasteiger partial charge in [0.2, 0.25) is 10.0 Å². The van der Waals surface area contributed by atoms with Crippen LogP contribution < -0.4 is 15.6 Å². The Labute approximate surface area is 237 Å². The Morgan fingerprint density at radius 1 is 0.854 bits per heavy atom. The molecule has 0 saturated heterocycles. The van der Waals surface area contributed by atoms with Crippen molar-refractivity contribution in [2.24, 2.45) is 15.9 Å². The van der Waals surface area contributed by atoms with Gasteiger partial charge in [-0.05, 0) is 41.0 Å². The van der Waals surface area contributed by atoms with Crippen LogP contribution in [0.4, 0.5) is 9.59 Å². The Bertz CT molecular complexity index is 1670. The maximum Gasteiger partial charge on any atom is 0.435 e. The number of carbonyl (C=O) groups is 2. The van der Waals surface area contributed by atoms with Crippen LogP contribution in [0.15, 0.2) is 113 Å². The predicted molar refractivity (Wildman–Crippen MR) is 155 cm³/mol. The van der Waals surface area contributed by atoms with Crippen LogP contribution in [0.3, 0.4) is 0 Å². The van der Waals surface area contributed by atoms with Gasteiger partial charge in [0, 0.05) is 24.7 Å². The number of aliphatic imine (C=N–C) groups is 1. The average molecular weight is 573 g/mol. The van der Waals surface area contributed by atoms with Crippen molar-refractivity contribution in [3.8, 4) is 16.9 Å². The first kappa shape index (κ1) is 29.0. The monoisotopic (exact) mass is 572 g/mol. The molecule has 0 unspecified atom stereocenters. The molecule has 10 nitrogen and oxygen atoms in total. The van der Waals surface area contributed by atoms with E-state index < -0.39 is 22.2 Å². The van der Waals surface area contributed by atoms with Crippen molar-refractivity contribution >= 4 is 28.0 Å². The Morgan fingerprint density at radius 2 is 1.51 bits per heavy atom. The molecule has 0 aromatic heterocycles. The van der Waals surface area contributed by atoms with Crippen molar-refractivity contribution < 1.29 is 27.5 Å². The standard InChI is InChI=1S/C30H28N4O6S/c1-34(30(36)40-25-16-14-23(15-17-25)26-12-5-6-13-27(26)41(32,37)38)19-22-10-7-11-24(18-22)28(31)33-29(35)39-20-21-8-3-2-4-9-21/h2-18H,19-20H2,1H3,(H2,31,33,35)(H2,32,37,38). The van der Waals surface area contributed by atoms with Crippen LogP contribution in [-0.4, -0.2) is 38.4 Å². The molecule has 0 atom stereocenters. The normalized spacial score (nSPS) is 11.5. The molecule has 4 rings (SSSR count). The Morgan fingerprint density at radius 3 is 2.22 bits per heavy atom. The van der Waals surface area contributed by atoms with Crippen molar-refractivity contribution in [3.63, 3.8) is 0 Å². The maximum absolute atomic E-state index is 12.7. The van der Waals surface area contributed by atoms with Crippen molar-refractivity contribution in [2.45, 2.75) is 18.0 Å². The molecule has 2 amide bonds. The zero-order chi connectivity index (χ0) is 29.4. The van der Waals surface area contributed by atoms with E-state index in [0.717, 1.165) is 11.1 Å². The van der Waals surface area contributed by atoms with Gasteiger partial charge in [-0.3, -0.25) is 0 Å². The van der Waals surface area contributed by atoms with Crippen molar-refractivity contribution in [1.82, 2.24) is 4.90 Å². The van der Waals surface area contributed by atoms with Gasteiger partial charge in [0.05, 0.1) is 4.90 Å². The van der Waals surface area contributed by atoms with Gasteiger partial charge in [0.15, 0.2) is 0 Å². The molecule has 210 valence electrons. The molecular weight excluding hydrogens is 544 g/mol. The largest absolute Gasteiger partial charge is 0.443 e. The van der Waals surface area contributed by atoms with E-state index >= 15 is 0 Å².